The summed E-state index contributed by atoms with van der Waals surface area (Å²) < 4.78 is 24.9. The molecule has 1 aliphatic rings. The predicted octanol–water partition coefficient (Wildman–Crippen LogP) is 3.50. The fourth-order valence-corrected chi connectivity index (χ4v) is 3.64. The van der Waals surface area contributed by atoms with E-state index in [9.17, 15) is 9.18 Å². The lowest BCUT2D eigenvalue weighted by molar-refractivity contribution is -0.122. The lowest BCUT2D eigenvalue weighted by Gasteiger charge is -2.38. The maximum Gasteiger partial charge on any atom is 0.257 e. The van der Waals surface area contributed by atoms with E-state index in [1.807, 2.05) is 38.1 Å². The van der Waals surface area contributed by atoms with Crippen LogP contribution in [0.25, 0.3) is 0 Å². The zero-order valence-electron chi connectivity index (χ0n) is 19.2. The molecule has 2 unspecified atom stereocenters. The van der Waals surface area contributed by atoms with Gasteiger partial charge >= 0.3 is 0 Å². The summed E-state index contributed by atoms with van der Waals surface area (Å²) in [4.78, 5) is 18.2. The van der Waals surface area contributed by atoms with E-state index in [1.165, 1.54) is 12.1 Å². The number of rotatable bonds is 7. The molecule has 1 fully saturated rings. The first-order valence-electron chi connectivity index (χ1n) is 10.8. The number of aliphatic imine (C=N–C) groups is 1. The molecule has 0 bridgehead atoms. The Kier molecular flexibility index (Phi) is 10.9. The molecule has 1 heterocycles. The normalized spacial score (nSPS) is 18.3. The summed E-state index contributed by atoms with van der Waals surface area (Å²) in [6.45, 7) is 6.33. The van der Waals surface area contributed by atoms with Crippen molar-refractivity contribution in [3.8, 4) is 5.75 Å². The molecule has 0 spiro atoms. The van der Waals surface area contributed by atoms with Crippen LogP contribution in [0.3, 0.4) is 0 Å². The number of morpholine rings is 1. The minimum absolute atomic E-state index is 0. The van der Waals surface area contributed by atoms with Crippen molar-refractivity contribution in [2.75, 3.05) is 33.3 Å². The summed E-state index contributed by atoms with van der Waals surface area (Å²) >= 11 is 0. The number of hydrogen-bond acceptors (Lipinski definition) is 4. The number of amides is 1. The van der Waals surface area contributed by atoms with Crippen LogP contribution >= 0.6 is 24.0 Å². The van der Waals surface area contributed by atoms with Crippen LogP contribution in [0, 0.1) is 5.82 Å². The van der Waals surface area contributed by atoms with Gasteiger partial charge in [-0.1, -0.05) is 24.3 Å². The third kappa shape index (κ3) is 8.15. The summed E-state index contributed by atoms with van der Waals surface area (Å²) in [5.41, 5.74) is 1.95. The van der Waals surface area contributed by atoms with E-state index in [0.29, 0.717) is 31.9 Å². The second kappa shape index (κ2) is 13.3. The van der Waals surface area contributed by atoms with Crippen molar-refractivity contribution in [3.05, 3.63) is 65.5 Å². The van der Waals surface area contributed by atoms with E-state index in [2.05, 4.69) is 20.5 Å². The van der Waals surface area contributed by atoms with Crippen molar-refractivity contribution in [2.45, 2.75) is 32.6 Å². The Bertz CT molecular complexity index is 926. The monoisotopic (exact) mass is 570 g/mol. The van der Waals surface area contributed by atoms with Crippen LogP contribution in [-0.4, -0.2) is 56.2 Å². The molecule has 1 aliphatic heterocycles. The van der Waals surface area contributed by atoms with Crippen molar-refractivity contribution in [1.82, 2.24) is 15.5 Å². The molecule has 1 saturated heterocycles. The molecule has 9 heteroatoms. The summed E-state index contributed by atoms with van der Waals surface area (Å²) in [7, 11) is 1.75. The van der Waals surface area contributed by atoms with Gasteiger partial charge in [-0.25, -0.2) is 4.39 Å². The Balaban J connectivity index is 0.00000385. The largest absolute Gasteiger partial charge is 0.484 e. The molecule has 0 radical (unpaired) electrons. The van der Waals surface area contributed by atoms with Gasteiger partial charge in [-0.05, 0) is 49.2 Å². The minimum Gasteiger partial charge on any atom is -0.484 e. The van der Waals surface area contributed by atoms with Crippen LogP contribution in [0.2, 0.25) is 0 Å². The van der Waals surface area contributed by atoms with Crippen molar-refractivity contribution >= 4 is 35.8 Å². The van der Waals surface area contributed by atoms with Crippen LogP contribution < -0.4 is 15.4 Å². The van der Waals surface area contributed by atoms with Gasteiger partial charge in [0.15, 0.2) is 12.6 Å². The first-order chi connectivity index (χ1) is 15.5. The molecule has 7 nitrogen and oxygen atoms in total. The van der Waals surface area contributed by atoms with Gasteiger partial charge in [0, 0.05) is 26.7 Å². The van der Waals surface area contributed by atoms with Crippen molar-refractivity contribution in [2.24, 2.45) is 4.99 Å². The summed E-state index contributed by atoms with van der Waals surface area (Å²) in [5.74, 6) is 1.00. The number of benzene rings is 2. The van der Waals surface area contributed by atoms with Crippen LogP contribution in [0.1, 0.15) is 31.1 Å². The fraction of sp³-hybridized carbons (Fsp3) is 0.417. The van der Waals surface area contributed by atoms with Gasteiger partial charge in [0.05, 0.1) is 12.6 Å². The van der Waals surface area contributed by atoms with Crippen molar-refractivity contribution < 1.29 is 18.7 Å². The second-order valence-corrected chi connectivity index (χ2v) is 7.68. The SMILES string of the molecule is CCNC(=O)COc1cccc(CNC(=NC)N2CC(C)OC(c3ccc(F)cc3)C2)c1.I. The zero-order valence-corrected chi connectivity index (χ0v) is 21.5. The highest BCUT2D eigenvalue weighted by atomic mass is 127. The van der Waals surface area contributed by atoms with Crippen molar-refractivity contribution in [3.63, 3.8) is 0 Å². The van der Waals surface area contributed by atoms with E-state index >= 15 is 0 Å². The topological polar surface area (TPSA) is 75.2 Å². The number of carbonyl (C=O) groups excluding carboxylic acids is 1. The van der Waals surface area contributed by atoms with Crippen LogP contribution in [0.4, 0.5) is 4.39 Å². The molecule has 2 aromatic carbocycles. The summed E-state index contributed by atoms with van der Waals surface area (Å²) in [6.07, 6.45) is -0.160. The Labute approximate surface area is 211 Å². The molecular weight excluding hydrogens is 538 g/mol. The third-order valence-corrected chi connectivity index (χ3v) is 5.11. The average molecular weight is 570 g/mol. The highest BCUT2D eigenvalue weighted by molar-refractivity contribution is 14.0. The van der Waals surface area contributed by atoms with Gasteiger partial charge < -0.3 is 25.0 Å². The molecular formula is C24H32FIN4O3. The number of ether oxygens (including phenoxy) is 2. The Morgan fingerprint density at radius 2 is 1.97 bits per heavy atom. The van der Waals surface area contributed by atoms with Gasteiger partial charge in [-0.3, -0.25) is 9.79 Å². The Hall–Kier alpha value is -2.40. The van der Waals surface area contributed by atoms with Crippen LogP contribution in [0.15, 0.2) is 53.5 Å². The lowest BCUT2D eigenvalue weighted by atomic mass is 10.1. The maximum atomic E-state index is 13.3. The molecule has 0 aromatic heterocycles. The maximum absolute atomic E-state index is 13.3. The molecule has 1 amide bonds. The Morgan fingerprint density at radius 3 is 2.67 bits per heavy atom. The first-order valence-corrected chi connectivity index (χ1v) is 10.8. The quantitative estimate of drug-likeness (QED) is 0.303. The molecule has 33 heavy (non-hydrogen) atoms. The van der Waals surface area contributed by atoms with Crippen LogP contribution in [-0.2, 0) is 16.1 Å². The third-order valence-electron chi connectivity index (χ3n) is 5.11. The number of halogens is 2. The zero-order chi connectivity index (χ0) is 22.9. The summed E-state index contributed by atoms with van der Waals surface area (Å²) in [6, 6.07) is 14.1. The van der Waals surface area contributed by atoms with Crippen LogP contribution in [0.5, 0.6) is 5.75 Å². The van der Waals surface area contributed by atoms with Gasteiger partial charge in [-0.15, -0.1) is 24.0 Å². The number of nitrogens with one attached hydrogen (secondary N) is 2. The molecule has 2 atom stereocenters. The van der Waals surface area contributed by atoms with E-state index in [-0.39, 0.29) is 54.5 Å². The number of likely N-dealkylation sites (N-methyl/N-ethyl adjacent to an activating group) is 1. The fourth-order valence-electron chi connectivity index (χ4n) is 3.64. The molecule has 180 valence electrons. The standard InChI is InChI=1S/C24H31FN4O3.HI/c1-4-27-23(30)16-31-21-7-5-6-18(12-21)13-28-24(26-3)29-14-17(2)32-22(15-29)19-8-10-20(25)11-9-19;/h5-12,17,22H,4,13-16H2,1-3H3,(H,26,28)(H,27,30);1H. The average Bonchev–Trinajstić information content (AvgIpc) is 2.79. The Morgan fingerprint density at radius 1 is 1.21 bits per heavy atom. The first kappa shape index (κ1) is 26.8. The van der Waals surface area contributed by atoms with Gasteiger partial charge in [0.25, 0.3) is 5.91 Å². The number of nitrogens with zero attached hydrogens (tertiary/aromatic N) is 2. The smallest absolute Gasteiger partial charge is 0.257 e. The van der Waals surface area contributed by atoms with E-state index in [4.69, 9.17) is 9.47 Å². The molecule has 0 aliphatic carbocycles. The number of carbonyl (C=O) groups is 1. The lowest BCUT2D eigenvalue weighted by Crippen LogP contribution is -2.50. The van der Waals surface area contributed by atoms with E-state index < -0.39 is 0 Å². The number of guanidine groups is 1. The second-order valence-electron chi connectivity index (χ2n) is 7.68. The molecule has 0 saturated carbocycles. The van der Waals surface area contributed by atoms with Gasteiger partial charge in [0.2, 0.25) is 0 Å². The van der Waals surface area contributed by atoms with Gasteiger partial charge in [-0.2, -0.15) is 0 Å². The number of hydrogen-bond donors (Lipinski definition) is 2. The minimum atomic E-state index is -0.260. The van der Waals surface area contributed by atoms with E-state index in [1.54, 1.807) is 19.2 Å². The van der Waals surface area contributed by atoms with Crippen molar-refractivity contribution in [1.29, 1.82) is 0 Å². The van der Waals surface area contributed by atoms with Gasteiger partial charge in [0.1, 0.15) is 17.7 Å². The highest BCUT2D eigenvalue weighted by Crippen LogP contribution is 2.25. The highest BCUT2D eigenvalue weighted by Gasteiger charge is 2.28. The molecule has 2 N–H and O–H groups in total. The summed E-state index contributed by atoms with van der Waals surface area (Å²) in [5, 5.41) is 6.10. The van der Waals surface area contributed by atoms with E-state index in [0.717, 1.165) is 17.1 Å². The molecule has 3 rings (SSSR count). The predicted molar refractivity (Wildman–Crippen MR) is 137 cm³/mol. The molecule has 2 aromatic rings.